The van der Waals surface area contributed by atoms with Gasteiger partial charge in [0.05, 0.1) is 13.0 Å². The number of carbonyl (C=O) groups is 2. The normalized spacial score (nSPS) is 17.7. The fourth-order valence-electron chi connectivity index (χ4n) is 2.79. The smallest absolute Gasteiger partial charge is 0.322 e. The molecule has 6 heteroatoms. The van der Waals surface area contributed by atoms with E-state index in [4.69, 9.17) is 4.74 Å². The molecule has 1 N–H and O–H groups in total. The van der Waals surface area contributed by atoms with Crippen LogP contribution in [-0.2, 0) is 9.53 Å². The molecule has 0 radical (unpaired) electrons. The van der Waals surface area contributed by atoms with Gasteiger partial charge in [-0.15, -0.1) is 11.8 Å². The molecule has 2 amide bonds. The molecule has 1 aliphatic heterocycles. The number of thioether (sulfide) groups is 1. The van der Waals surface area contributed by atoms with Crippen molar-refractivity contribution in [2.24, 2.45) is 0 Å². The van der Waals surface area contributed by atoms with E-state index in [0.29, 0.717) is 13.2 Å². The van der Waals surface area contributed by atoms with Gasteiger partial charge in [0.25, 0.3) is 0 Å². The van der Waals surface area contributed by atoms with Crippen molar-refractivity contribution >= 4 is 29.4 Å². The zero-order valence-corrected chi connectivity index (χ0v) is 14.5. The largest absolute Gasteiger partial charge is 0.466 e. The summed E-state index contributed by atoms with van der Waals surface area (Å²) in [5, 5.41) is 2.94. The summed E-state index contributed by atoms with van der Waals surface area (Å²) in [6.45, 7) is 2.85. The van der Waals surface area contributed by atoms with Crippen molar-refractivity contribution in [2.75, 3.05) is 24.7 Å². The van der Waals surface area contributed by atoms with Gasteiger partial charge in [-0.2, -0.15) is 0 Å². The van der Waals surface area contributed by atoms with E-state index in [-0.39, 0.29) is 24.5 Å². The maximum atomic E-state index is 12.6. The summed E-state index contributed by atoms with van der Waals surface area (Å²) in [6, 6.07) is 7.54. The SMILES string of the molecule is CCOC(=O)CC1CCCCN1C(=O)Nc1cccc(SC)c1. The molecule has 0 aromatic heterocycles. The number of ether oxygens (including phenoxy) is 1. The van der Waals surface area contributed by atoms with Crippen molar-refractivity contribution in [1.29, 1.82) is 0 Å². The third-order valence-corrected chi connectivity index (χ3v) is 4.64. The van der Waals surface area contributed by atoms with E-state index in [9.17, 15) is 9.59 Å². The number of urea groups is 1. The minimum Gasteiger partial charge on any atom is -0.466 e. The van der Waals surface area contributed by atoms with Crippen molar-refractivity contribution < 1.29 is 14.3 Å². The lowest BCUT2D eigenvalue weighted by atomic mass is 10.00. The third kappa shape index (κ3) is 5.16. The molecule has 2 rings (SSSR count). The van der Waals surface area contributed by atoms with E-state index in [0.717, 1.165) is 29.8 Å². The van der Waals surface area contributed by atoms with Crippen molar-refractivity contribution in [3.05, 3.63) is 24.3 Å². The summed E-state index contributed by atoms with van der Waals surface area (Å²) >= 11 is 1.63. The lowest BCUT2D eigenvalue weighted by Crippen LogP contribution is -2.46. The number of nitrogens with one attached hydrogen (secondary N) is 1. The zero-order chi connectivity index (χ0) is 16.7. The van der Waals surface area contributed by atoms with Gasteiger partial charge >= 0.3 is 12.0 Å². The van der Waals surface area contributed by atoms with Crippen LogP contribution >= 0.6 is 11.8 Å². The Morgan fingerprint density at radius 2 is 2.22 bits per heavy atom. The van der Waals surface area contributed by atoms with Crippen LogP contribution in [0.5, 0.6) is 0 Å². The zero-order valence-electron chi connectivity index (χ0n) is 13.7. The van der Waals surface area contributed by atoms with E-state index in [2.05, 4.69) is 5.32 Å². The predicted octanol–water partition coefficient (Wildman–Crippen LogP) is 3.75. The number of likely N-dealkylation sites (tertiary alicyclic amines) is 1. The maximum absolute atomic E-state index is 12.6. The van der Waals surface area contributed by atoms with Gasteiger partial charge in [0.1, 0.15) is 0 Å². The second-order valence-corrected chi connectivity index (χ2v) is 6.39. The van der Waals surface area contributed by atoms with Crippen LogP contribution in [0.15, 0.2) is 29.2 Å². The van der Waals surface area contributed by atoms with Crippen LogP contribution < -0.4 is 5.32 Å². The molecule has 5 nitrogen and oxygen atoms in total. The van der Waals surface area contributed by atoms with Gasteiger partial charge in [0.15, 0.2) is 0 Å². The fraction of sp³-hybridized carbons (Fsp3) is 0.529. The van der Waals surface area contributed by atoms with E-state index >= 15 is 0 Å². The van der Waals surface area contributed by atoms with Gasteiger partial charge in [0, 0.05) is 23.2 Å². The van der Waals surface area contributed by atoms with E-state index in [1.165, 1.54) is 0 Å². The molecule has 1 aromatic rings. The van der Waals surface area contributed by atoms with Crippen LogP contribution in [0, 0.1) is 0 Å². The first-order valence-corrected chi connectivity index (χ1v) is 9.23. The van der Waals surface area contributed by atoms with Crippen molar-refractivity contribution in [2.45, 2.75) is 43.5 Å². The van der Waals surface area contributed by atoms with Gasteiger partial charge in [-0.25, -0.2) is 4.79 Å². The monoisotopic (exact) mass is 336 g/mol. The van der Waals surface area contributed by atoms with E-state index < -0.39 is 0 Å². The van der Waals surface area contributed by atoms with Crippen LogP contribution in [0.25, 0.3) is 0 Å². The third-order valence-electron chi connectivity index (χ3n) is 3.92. The summed E-state index contributed by atoms with van der Waals surface area (Å²) in [5.41, 5.74) is 0.780. The summed E-state index contributed by atoms with van der Waals surface area (Å²) in [4.78, 5) is 27.2. The Labute approximate surface area is 141 Å². The second-order valence-electron chi connectivity index (χ2n) is 5.51. The van der Waals surface area contributed by atoms with Crippen LogP contribution in [0.1, 0.15) is 32.6 Å². The summed E-state index contributed by atoms with van der Waals surface area (Å²) in [6.07, 6.45) is 5.12. The Kier molecular flexibility index (Phi) is 6.77. The van der Waals surface area contributed by atoms with Crippen LogP contribution in [0.3, 0.4) is 0 Å². The molecule has 0 bridgehead atoms. The molecule has 1 unspecified atom stereocenters. The number of esters is 1. The van der Waals surface area contributed by atoms with Crippen LogP contribution in [-0.4, -0.2) is 42.3 Å². The van der Waals surface area contributed by atoms with Crippen LogP contribution in [0.2, 0.25) is 0 Å². The number of hydrogen-bond acceptors (Lipinski definition) is 4. The van der Waals surface area contributed by atoms with E-state index in [1.807, 2.05) is 30.5 Å². The minimum atomic E-state index is -0.235. The molecule has 1 atom stereocenters. The molecule has 1 saturated heterocycles. The van der Waals surface area contributed by atoms with Gasteiger partial charge < -0.3 is 15.0 Å². The highest BCUT2D eigenvalue weighted by Crippen LogP contribution is 2.23. The average molecular weight is 336 g/mol. The molecule has 0 aliphatic carbocycles. The first-order valence-electron chi connectivity index (χ1n) is 8.01. The molecule has 0 saturated carbocycles. The Bertz CT molecular complexity index is 550. The standard InChI is InChI=1S/C17H24N2O3S/c1-3-22-16(20)12-14-8-4-5-10-19(14)17(21)18-13-7-6-9-15(11-13)23-2/h6-7,9,11,14H,3-5,8,10,12H2,1-2H3,(H,18,21). The highest BCUT2D eigenvalue weighted by atomic mass is 32.2. The number of benzene rings is 1. The predicted molar refractivity (Wildman–Crippen MR) is 92.8 cm³/mol. The average Bonchev–Trinajstić information content (AvgIpc) is 2.55. The molecule has 1 fully saturated rings. The van der Waals surface area contributed by atoms with Gasteiger partial charge in [0.2, 0.25) is 0 Å². The number of carbonyl (C=O) groups excluding carboxylic acids is 2. The number of rotatable bonds is 5. The quantitative estimate of drug-likeness (QED) is 0.657. The molecular weight excluding hydrogens is 312 g/mol. The lowest BCUT2D eigenvalue weighted by molar-refractivity contribution is -0.144. The fourth-order valence-corrected chi connectivity index (χ4v) is 3.25. The number of anilines is 1. The highest BCUT2D eigenvalue weighted by molar-refractivity contribution is 7.98. The minimum absolute atomic E-state index is 0.0773. The first kappa shape index (κ1) is 17.7. The topological polar surface area (TPSA) is 58.6 Å². The molecule has 1 heterocycles. The summed E-state index contributed by atoms with van der Waals surface area (Å²) in [7, 11) is 0. The number of amides is 2. The molecule has 126 valence electrons. The highest BCUT2D eigenvalue weighted by Gasteiger charge is 2.29. The molecule has 1 aliphatic rings. The molecule has 1 aromatic carbocycles. The Morgan fingerprint density at radius 3 is 2.96 bits per heavy atom. The summed E-state index contributed by atoms with van der Waals surface area (Å²) < 4.78 is 5.02. The second kappa shape index (κ2) is 8.82. The molecular formula is C17H24N2O3S. The van der Waals surface area contributed by atoms with Crippen molar-refractivity contribution in [1.82, 2.24) is 4.90 Å². The molecule has 23 heavy (non-hydrogen) atoms. The Balaban J connectivity index is 2.01. The summed E-state index contributed by atoms with van der Waals surface area (Å²) in [5.74, 6) is -0.235. The Hall–Kier alpha value is -1.69. The van der Waals surface area contributed by atoms with Gasteiger partial charge in [-0.1, -0.05) is 6.07 Å². The van der Waals surface area contributed by atoms with E-state index in [1.54, 1.807) is 23.6 Å². The molecule has 0 spiro atoms. The van der Waals surface area contributed by atoms with Crippen molar-refractivity contribution in [3.63, 3.8) is 0 Å². The number of piperidine rings is 1. The van der Waals surface area contributed by atoms with Gasteiger partial charge in [-0.3, -0.25) is 4.79 Å². The Morgan fingerprint density at radius 1 is 1.39 bits per heavy atom. The lowest BCUT2D eigenvalue weighted by Gasteiger charge is -2.35. The number of nitrogens with zero attached hydrogens (tertiary/aromatic N) is 1. The van der Waals surface area contributed by atoms with Crippen molar-refractivity contribution in [3.8, 4) is 0 Å². The number of hydrogen-bond donors (Lipinski definition) is 1. The van der Waals surface area contributed by atoms with Crippen LogP contribution in [0.4, 0.5) is 10.5 Å². The maximum Gasteiger partial charge on any atom is 0.322 e. The van der Waals surface area contributed by atoms with Gasteiger partial charge in [-0.05, 0) is 50.6 Å². The first-order chi connectivity index (χ1) is 11.1.